The molecule has 0 atom stereocenters. The molecule has 4 rings (SSSR count). The highest BCUT2D eigenvalue weighted by Gasteiger charge is 2.28. The van der Waals surface area contributed by atoms with E-state index in [0.29, 0.717) is 10.6 Å². The zero-order valence-electron chi connectivity index (χ0n) is 14.8. The molecule has 3 aromatic rings. The number of hydrogen-bond acceptors (Lipinski definition) is 7. The molecule has 1 aromatic heterocycles. The molecule has 0 saturated carbocycles. The van der Waals surface area contributed by atoms with Gasteiger partial charge in [-0.2, -0.15) is 5.26 Å². The predicted octanol–water partition coefficient (Wildman–Crippen LogP) is 4.14. The van der Waals surface area contributed by atoms with Crippen LogP contribution in [0.25, 0.3) is 11.0 Å². The number of nitriles is 1. The van der Waals surface area contributed by atoms with Gasteiger partial charge in [-0.25, -0.2) is 4.79 Å². The van der Waals surface area contributed by atoms with Gasteiger partial charge >= 0.3 is 5.97 Å². The summed E-state index contributed by atoms with van der Waals surface area (Å²) in [7, 11) is 1.79. The van der Waals surface area contributed by atoms with Crippen LogP contribution in [-0.2, 0) is 9.53 Å². The second-order valence-corrected chi connectivity index (χ2v) is 7.10. The Morgan fingerprint density at radius 1 is 1.18 bits per heavy atom. The van der Waals surface area contributed by atoms with E-state index in [9.17, 15) is 14.9 Å². The minimum Gasteiger partial charge on any atom is -0.451 e. The summed E-state index contributed by atoms with van der Waals surface area (Å²) < 4.78 is 10.5. The van der Waals surface area contributed by atoms with E-state index in [1.807, 2.05) is 42.5 Å². The Hall–Kier alpha value is -3.50. The first-order valence-electron chi connectivity index (χ1n) is 8.42. The van der Waals surface area contributed by atoms with Crippen LogP contribution in [0.1, 0.15) is 10.6 Å². The lowest BCUT2D eigenvalue weighted by molar-refractivity contribution is -0.118. The number of carbonyl (C=O) groups is 2. The second kappa shape index (κ2) is 7.25. The first-order valence-corrected chi connectivity index (χ1v) is 9.24. The van der Waals surface area contributed by atoms with Gasteiger partial charge in [-0.15, -0.1) is 0 Å². The maximum atomic E-state index is 12.5. The molecule has 2 heterocycles. The number of fused-ring (bicyclic) bond motifs is 2. The third-order valence-electron chi connectivity index (χ3n) is 4.30. The normalized spacial score (nSPS) is 14.5. The van der Waals surface area contributed by atoms with Crippen LogP contribution >= 0.6 is 11.8 Å². The van der Waals surface area contributed by atoms with Crippen molar-refractivity contribution >= 4 is 40.2 Å². The van der Waals surface area contributed by atoms with Crippen LogP contribution in [-0.4, -0.2) is 25.4 Å². The Labute approximate surface area is 165 Å². The Balaban J connectivity index is 1.50. The molecule has 6 nitrogen and oxygen atoms in total. The van der Waals surface area contributed by atoms with Crippen LogP contribution in [0.3, 0.4) is 0 Å². The number of nitrogens with zero attached hydrogens (tertiary/aromatic N) is 2. The monoisotopic (exact) mass is 390 g/mol. The molecule has 7 heteroatoms. The van der Waals surface area contributed by atoms with E-state index >= 15 is 0 Å². The molecule has 0 N–H and O–H groups in total. The topological polar surface area (TPSA) is 83.5 Å². The maximum absolute atomic E-state index is 12.5. The van der Waals surface area contributed by atoms with Gasteiger partial charge in [0.25, 0.3) is 0 Å². The number of benzene rings is 2. The zero-order valence-corrected chi connectivity index (χ0v) is 15.7. The number of para-hydroxylation sites is 2. The van der Waals surface area contributed by atoms with Crippen molar-refractivity contribution in [2.24, 2.45) is 0 Å². The summed E-state index contributed by atoms with van der Waals surface area (Å²) in [5, 5.41) is 10.8. The lowest BCUT2D eigenvalue weighted by atomic mass is 10.2. The van der Waals surface area contributed by atoms with Gasteiger partial charge in [0.15, 0.2) is 6.61 Å². The van der Waals surface area contributed by atoms with Crippen molar-refractivity contribution in [2.45, 2.75) is 4.90 Å². The molecule has 28 heavy (non-hydrogen) atoms. The van der Waals surface area contributed by atoms with Crippen molar-refractivity contribution in [2.75, 3.05) is 18.6 Å². The summed E-state index contributed by atoms with van der Waals surface area (Å²) in [5.74, 6) is -1.29. The Bertz CT molecular complexity index is 1140. The summed E-state index contributed by atoms with van der Waals surface area (Å²) >= 11 is 1.34. The number of thioether (sulfide) groups is 1. The molecule has 0 saturated heterocycles. The number of ketones is 1. The van der Waals surface area contributed by atoms with Crippen molar-refractivity contribution < 1.29 is 18.7 Å². The molecule has 2 aromatic carbocycles. The van der Waals surface area contributed by atoms with Gasteiger partial charge < -0.3 is 14.1 Å². The quantitative estimate of drug-likeness (QED) is 0.376. The van der Waals surface area contributed by atoms with Gasteiger partial charge in [0.05, 0.1) is 5.69 Å². The highest BCUT2D eigenvalue weighted by Crippen LogP contribution is 2.46. The van der Waals surface area contributed by atoms with Crippen LogP contribution in [0.15, 0.2) is 74.5 Å². The summed E-state index contributed by atoms with van der Waals surface area (Å²) in [6.45, 7) is -0.535. The summed E-state index contributed by atoms with van der Waals surface area (Å²) in [4.78, 5) is 27.5. The number of anilines is 1. The molecule has 138 valence electrons. The molecule has 0 radical (unpaired) electrons. The van der Waals surface area contributed by atoms with Gasteiger partial charge in [0.2, 0.25) is 11.5 Å². The van der Waals surface area contributed by atoms with E-state index in [0.717, 1.165) is 16.0 Å². The summed E-state index contributed by atoms with van der Waals surface area (Å²) in [5.41, 5.74) is 1.44. The lowest BCUT2D eigenvalue weighted by Crippen LogP contribution is -2.19. The lowest BCUT2D eigenvalue weighted by Gasteiger charge is -2.14. The first kappa shape index (κ1) is 17.9. The Kier molecular flexibility index (Phi) is 4.63. The van der Waals surface area contributed by atoms with Crippen molar-refractivity contribution in [1.29, 1.82) is 5.26 Å². The molecule has 1 aliphatic rings. The third-order valence-corrected chi connectivity index (χ3v) is 5.54. The largest absolute Gasteiger partial charge is 0.451 e. The minimum atomic E-state index is -0.748. The molecule has 0 amide bonds. The SMILES string of the molecule is CN1/C(=C(/C#N)C(=O)COC(=O)c2cc3ccccc3o2)Sc2ccccc21. The number of esters is 1. The van der Waals surface area contributed by atoms with E-state index in [-0.39, 0.29) is 11.3 Å². The average Bonchev–Trinajstić information content (AvgIpc) is 3.29. The van der Waals surface area contributed by atoms with Gasteiger partial charge in [-0.05, 0) is 24.3 Å². The molecular formula is C21H14N2O4S. The van der Waals surface area contributed by atoms with Crippen LogP contribution in [0.4, 0.5) is 5.69 Å². The molecule has 0 bridgehead atoms. The Morgan fingerprint density at radius 2 is 1.93 bits per heavy atom. The van der Waals surface area contributed by atoms with E-state index in [4.69, 9.17) is 9.15 Å². The maximum Gasteiger partial charge on any atom is 0.374 e. The Morgan fingerprint density at radius 3 is 2.68 bits per heavy atom. The number of ether oxygens (including phenoxy) is 1. The minimum absolute atomic E-state index is 0.0138. The van der Waals surface area contributed by atoms with Crippen molar-refractivity contribution in [1.82, 2.24) is 0 Å². The standard InChI is InChI=1S/C21H14N2O4S/c1-23-15-7-3-5-9-19(15)28-20(23)14(11-22)16(24)12-26-21(25)18-10-13-6-2-4-8-17(13)27-18/h2-10H,12H2,1H3/b20-14+. The number of rotatable bonds is 4. The fourth-order valence-electron chi connectivity index (χ4n) is 2.91. The van der Waals surface area contributed by atoms with Gasteiger partial charge in [-0.3, -0.25) is 4.79 Å². The summed E-state index contributed by atoms with van der Waals surface area (Å²) in [6.07, 6.45) is 0. The molecular weight excluding hydrogens is 376 g/mol. The number of Topliss-reactive ketones (excluding diaryl/α,β-unsaturated/α-hetero) is 1. The van der Waals surface area contributed by atoms with Crippen LogP contribution in [0, 0.1) is 11.3 Å². The number of carbonyl (C=O) groups excluding carboxylic acids is 2. The molecule has 1 aliphatic heterocycles. The zero-order chi connectivity index (χ0) is 19.7. The second-order valence-electron chi connectivity index (χ2n) is 6.07. The van der Waals surface area contributed by atoms with Crippen LogP contribution in [0.5, 0.6) is 0 Å². The van der Waals surface area contributed by atoms with Crippen molar-refractivity contribution in [3.8, 4) is 6.07 Å². The first-order chi connectivity index (χ1) is 13.6. The predicted molar refractivity (Wildman–Crippen MR) is 105 cm³/mol. The molecule has 0 fully saturated rings. The van der Waals surface area contributed by atoms with E-state index in [1.165, 1.54) is 11.8 Å². The molecule has 0 aliphatic carbocycles. The van der Waals surface area contributed by atoms with Crippen LogP contribution < -0.4 is 4.90 Å². The van der Waals surface area contributed by atoms with Crippen LogP contribution in [0.2, 0.25) is 0 Å². The molecule has 0 spiro atoms. The smallest absolute Gasteiger partial charge is 0.374 e. The average molecular weight is 390 g/mol. The fourth-order valence-corrected chi connectivity index (χ4v) is 4.07. The third kappa shape index (κ3) is 3.15. The van der Waals surface area contributed by atoms with E-state index in [1.54, 1.807) is 30.1 Å². The van der Waals surface area contributed by atoms with E-state index in [2.05, 4.69) is 0 Å². The number of hydrogen-bond donors (Lipinski definition) is 0. The van der Waals surface area contributed by atoms with Crippen molar-refractivity contribution in [3.05, 3.63) is 71.0 Å². The van der Waals surface area contributed by atoms with Gasteiger partial charge in [-0.1, -0.05) is 42.1 Å². The number of furan rings is 1. The van der Waals surface area contributed by atoms with E-state index < -0.39 is 18.4 Å². The van der Waals surface area contributed by atoms with Gasteiger partial charge in [0.1, 0.15) is 22.3 Å². The highest BCUT2D eigenvalue weighted by molar-refractivity contribution is 8.03. The summed E-state index contributed by atoms with van der Waals surface area (Å²) in [6, 6.07) is 18.3. The van der Waals surface area contributed by atoms with Gasteiger partial charge in [0, 0.05) is 17.3 Å². The molecule has 0 unspecified atom stereocenters. The fraction of sp³-hybridized carbons (Fsp3) is 0.0952. The highest BCUT2D eigenvalue weighted by atomic mass is 32.2. The van der Waals surface area contributed by atoms with Crippen molar-refractivity contribution in [3.63, 3.8) is 0 Å².